The Balaban J connectivity index is 2.08. The second-order valence-electron chi connectivity index (χ2n) is 4.30. The molecular weight excluding hydrogens is 308 g/mol. The lowest BCUT2D eigenvalue weighted by Gasteiger charge is -2.03. The van der Waals surface area contributed by atoms with E-state index in [0.29, 0.717) is 15.6 Å². The quantitative estimate of drug-likeness (QED) is 0.681. The van der Waals surface area contributed by atoms with Crippen LogP contribution in [0.5, 0.6) is 5.75 Å². The van der Waals surface area contributed by atoms with Crippen molar-refractivity contribution in [2.24, 2.45) is 0 Å². The topological polar surface area (TPSA) is 44.1 Å². The average Bonchev–Trinajstić information content (AvgIpc) is 3.13. The molecule has 3 rings (SSSR count). The highest BCUT2D eigenvalue weighted by Gasteiger charge is 2.13. The van der Waals surface area contributed by atoms with Crippen LogP contribution in [0.2, 0.25) is 4.34 Å². The molecule has 0 N–H and O–H groups in total. The molecule has 0 aliphatic carbocycles. The zero-order valence-corrected chi connectivity index (χ0v) is 12.7. The van der Waals surface area contributed by atoms with E-state index in [1.54, 1.807) is 24.1 Å². The number of hydrogen-bond acceptors (Lipinski definition) is 4. The molecule has 0 atom stereocenters. The highest BCUT2D eigenvalue weighted by molar-refractivity contribution is 7.19. The Bertz CT molecular complexity index is 795. The Morgan fingerprint density at radius 1 is 1.33 bits per heavy atom. The lowest BCUT2D eigenvalue weighted by atomic mass is 10.2. The number of halogens is 1. The number of carbonyl (C=O) groups is 1. The number of carbonyl (C=O) groups excluding carboxylic acids is 1. The molecule has 2 aromatic heterocycles. The number of methoxy groups -OCH3 is 1. The third kappa shape index (κ3) is 2.70. The van der Waals surface area contributed by atoms with Gasteiger partial charge in [-0.25, -0.2) is 4.68 Å². The summed E-state index contributed by atoms with van der Waals surface area (Å²) in [6.07, 6.45) is 2.50. The molecule has 2 heterocycles. The molecule has 0 saturated carbocycles. The number of thiophene rings is 1. The van der Waals surface area contributed by atoms with E-state index in [4.69, 9.17) is 16.3 Å². The van der Waals surface area contributed by atoms with E-state index in [1.165, 1.54) is 11.3 Å². The fourth-order valence-corrected chi connectivity index (χ4v) is 3.04. The monoisotopic (exact) mass is 318 g/mol. The van der Waals surface area contributed by atoms with Gasteiger partial charge in [-0.3, -0.25) is 4.79 Å². The van der Waals surface area contributed by atoms with Crippen molar-refractivity contribution in [3.63, 3.8) is 0 Å². The molecule has 0 spiro atoms. The lowest BCUT2D eigenvalue weighted by molar-refractivity contribution is 0.112. The van der Waals surface area contributed by atoms with E-state index in [1.807, 2.05) is 30.3 Å². The summed E-state index contributed by atoms with van der Waals surface area (Å²) in [7, 11) is 1.61. The molecule has 0 aliphatic rings. The fraction of sp³-hybridized carbons (Fsp3) is 0.0667. The van der Waals surface area contributed by atoms with E-state index in [0.717, 1.165) is 22.6 Å². The van der Waals surface area contributed by atoms with Gasteiger partial charge in [-0.1, -0.05) is 17.7 Å². The SMILES string of the molecule is COc1cccc(-n2cc(C=O)c(-c3ccc(Cl)s3)n2)c1. The highest BCUT2D eigenvalue weighted by atomic mass is 35.5. The minimum Gasteiger partial charge on any atom is -0.497 e. The smallest absolute Gasteiger partial charge is 0.153 e. The maximum atomic E-state index is 11.3. The Morgan fingerprint density at radius 3 is 2.86 bits per heavy atom. The van der Waals surface area contributed by atoms with Crippen molar-refractivity contribution in [3.05, 3.63) is 52.5 Å². The molecule has 0 amide bonds. The van der Waals surface area contributed by atoms with Crippen molar-refractivity contribution in [1.29, 1.82) is 0 Å². The first-order valence-electron chi connectivity index (χ1n) is 6.16. The largest absolute Gasteiger partial charge is 0.497 e. The summed E-state index contributed by atoms with van der Waals surface area (Å²) in [5, 5.41) is 4.49. The average molecular weight is 319 g/mol. The number of nitrogens with zero attached hydrogens (tertiary/aromatic N) is 2. The second kappa shape index (κ2) is 5.71. The van der Waals surface area contributed by atoms with Gasteiger partial charge in [-0.2, -0.15) is 5.10 Å². The number of rotatable bonds is 4. The van der Waals surface area contributed by atoms with E-state index in [-0.39, 0.29) is 0 Å². The van der Waals surface area contributed by atoms with Crippen LogP contribution < -0.4 is 4.74 Å². The van der Waals surface area contributed by atoms with Crippen LogP contribution in [-0.2, 0) is 0 Å². The van der Waals surface area contributed by atoms with Gasteiger partial charge in [0.2, 0.25) is 0 Å². The van der Waals surface area contributed by atoms with Gasteiger partial charge < -0.3 is 4.74 Å². The molecule has 0 fully saturated rings. The van der Waals surface area contributed by atoms with Gasteiger partial charge >= 0.3 is 0 Å². The maximum Gasteiger partial charge on any atom is 0.153 e. The summed E-state index contributed by atoms with van der Waals surface area (Å²) in [6.45, 7) is 0. The Hall–Kier alpha value is -2.11. The molecule has 6 heteroatoms. The maximum absolute atomic E-state index is 11.3. The predicted octanol–water partition coefficient (Wildman–Crippen LogP) is 4.08. The van der Waals surface area contributed by atoms with Crippen LogP contribution in [0, 0.1) is 0 Å². The summed E-state index contributed by atoms with van der Waals surface area (Å²) in [6, 6.07) is 11.1. The van der Waals surface area contributed by atoms with Gasteiger partial charge in [0.1, 0.15) is 11.4 Å². The van der Waals surface area contributed by atoms with Crippen LogP contribution in [0.3, 0.4) is 0 Å². The third-order valence-electron chi connectivity index (χ3n) is 2.99. The highest BCUT2D eigenvalue weighted by Crippen LogP contribution is 2.32. The standard InChI is InChI=1S/C15H11ClN2O2S/c1-20-12-4-2-3-11(7-12)18-8-10(9-19)15(17-18)13-5-6-14(16)21-13/h2-9H,1H3. The van der Waals surface area contributed by atoms with Crippen molar-refractivity contribution < 1.29 is 9.53 Å². The van der Waals surface area contributed by atoms with Crippen molar-refractivity contribution in [2.45, 2.75) is 0 Å². The van der Waals surface area contributed by atoms with E-state index < -0.39 is 0 Å². The lowest BCUT2D eigenvalue weighted by Crippen LogP contribution is -1.95. The molecule has 106 valence electrons. The molecular formula is C15H11ClN2O2S. The second-order valence-corrected chi connectivity index (χ2v) is 6.02. The van der Waals surface area contributed by atoms with Gasteiger partial charge in [0.05, 0.1) is 27.6 Å². The molecule has 4 nitrogen and oxygen atoms in total. The van der Waals surface area contributed by atoms with Crippen molar-refractivity contribution >= 4 is 29.2 Å². The molecule has 0 aliphatic heterocycles. The zero-order valence-electron chi connectivity index (χ0n) is 11.1. The Kier molecular flexibility index (Phi) is 3.77. The molecule has 3 aromatic rings. The van der Waals surface area contributed by atoms with Gasteiger partial charge in [0, 0.05) is 12.3 Å². The Morgan fingerprint density at radius 2 is 2.19 bits per heavy atom. The van der Waals surface area contributed by atoms with Crippen LogP contribution in [0.25, 0.3) is 16.3 Å². The zero-order chi connectivity index (χ0) is 14.8. The fourth-order valence-electron chi connectivity index (χ4n) is 1.99. The van der Waals surface area contributed by atoms with Gasteiger partial charge in [0.25, 0.3) is 0 Å². The van der Waals surface area contributed by atoms with Gasteiger partial charge in [0.15, 0.2) is 6.29 Å². The van der Waals surface area contributed by atoms with E-state index in [9.17, 15) is 4.79 Å². The number of hydrogen-bond donors (Lipinski definition) is 0. The van der Waals surface area contributed by atoms with E-state index in [2.05, 4.69) is 5.10 Å². The van der Waals surface area contributed by atoms with Crippen molar-refractivity contribution in [3.8, 4) is 22.0 Å². The molecule has 0 bridgehead atoms. The number of aromatic nitrogens is 2. The van der Waals surface area contributed by atoms with Crippen molar-refractivity contribution in [2.75, 3.05) is 7.11 Å². The summed E-state index contributed by atoms with van der Waals surface area (Å²) in [4.78, 5) is 12.1. The summed E-state index contributed by atoms with van der Waals surface area (Å²) >= 11 is 7.34. The molecule has 21 heavy (non-hydrogen) atoms. The molecule has 1 aromatic carbocycles. The predicted molar refractivity (Wildman–Crippen MR) is 83.8 cm³/mol. The van der Waals surface area contributed by atoms with Crippen LogP contribution in [0.4, 0.5) is 0 Å². The summed E-state index contributed by atoms with van der Waals surface area (Å²) in [5.41, 5.74) is 1.98. The van der Waals surface area contributed by atoms with Crippen LogP contribution >= 0.6 is 22.9 Å². The first kappa shape index (κ1) is 13.9. The minimum absolute atomic E-state index is 0.524. The molecule has 0 unspecified atom stereocenters. The molecule has 0 saturated heterocycles. The van der Waals surface area contributed by atoms with Gasteiger partial charge in [-0.05, 0) is 24.3 Å². The van der Waals surface area contributed by atoms with E-state index >= 15 is 0 Å². The van der Waals surface area contributed by atoms with Crippen LogP contribution in [-0.4, -0.2) is 23.2 Å². The minimum atomic E-state index is 0.524. The first-order chi connectivity index (χ1) is 10.2. The summed E-state index contributed by atoms with van der Waals surface area (Å²) < 4.78 is 7.53. The van der Waals surface area contributed by atoms with Crippen LogP contribution in [0.15, 0.2) is 42.6 Å². The number of aldehydes is 1. The van der Waals surface area contributed by atoms with Crippen molar-refractivity contribution in [1.82, 2.24) is 9.78 Å². The Labute approximate surface area is 130 Å². The van der Waals surface area contributed by atoms with Crippen LogP contribution in [0.1, 0.15) is 10.4 Å². The van der Waals surface area contributed by atoms with Gasteiger partial charge in [-0.15, -0.1) is 11.3 Å². The number of benzene rings is 1. The normalized spacial score (nSPS) is 10.6. The summed E-state index contributed by atoms with van der Waals surface area (Å²) in [5.74, 6) is 0.733. The third-order valence-corrected chi connectivity index (χ3v) is 4.23. The molecule has 0 radical (unpaired) electrons. The first-order valence-corrected chi connectivity index (χ1v) is 7.35. The number of ether oxygens (including phenoxy) is 1.